The number of benzene rings is 1. The van der Waals surface area contributed by atoms with Crippen LogP contribution in [0.15, 0.2) is 23.4 Å². The lowest BCUT2D eigenvalue weighted by molar-refractivity contribution is 0.105. The topological polar surface area (TPSA) is 21.6 Å². The molecule has 0 fully saturated rings. The van der Waals surface area contributed by atoms with Crippen molar-refractivity contribution in [2.75, 3.05) is 4.43 Å². The van der Waals surface area contributed by atoms with Crippen LogP contribution in [0.3, 0.4) is 0 Å². The van der Waals surface area contributed by atoms with Crippen molar-refractivity contribution >= 4 is 28.3 Å². The van der Waals surface area contributed by atoms with Crippen molar-refractivity contribution in [3.05, 3.63) is 35.1 Å². The molecule has 0 radical (unpaired) electrons. The quantitative estimate of drug-likeness (QED) is 0.606. The standard InChI is InChI=1S/C11H11FINO/c1-7-2-3-8(4-10(7)12)11-5-9(6-13)15-14-11/h2-4,9H,5-6H2,1H3/t9-/m0/s1. The van der Waals surface area contributed by atoms with Crippen molar-refractivity contribution in [2.24, 2.45) is 5.16 Å². The minimum atomic E-state index is -0.187. The number of oxime groups is 1. The van der Waals surface area contributed by atoms with E-state index < -0.39 is 0 Å². The van der Waals surface area contributed by atoms with E-state index in [-0.39, 0.29) is 11.9 Å². The Kier molecular flexibility index (Phi) is 3.23. The number of aryl methyl sites for hydroxylation is 1. The fourth-order valence-corrected chi connectivity index (χ4v) is 1.93. The lowest BCUT2D eigenvalue weighted by Gasteiger charge is -2.02. The molecule has 1 aromatic rings. The van der Waals surface area contributed by atoms with Crippen molar-refractivity contribution in [2.45, 2.75) is 19.4 Å². The van der Waals surface area contributed by atoms with Crippen molar-refractivity contribution in [3.8, 4) is 0 Å². The average Bonchev–Trinajstić information content (AvgIpc) is 2.70. The Morgan fingerprint density at radius 2 is 2.40 bits per heavy atom. The van der Waals surface area contributed by atoms with Crippen LogP contribution < -0.4 is 0 Å². The zero-order chi connectivity index (χ0) is 10.8. The van der Waals surface area contributed by atoms with Gasteiger partial charge in [0.25, 0.3) is 0 Å². The van der Waals surface area contributed by atoms with Gasteiger partial charge in [0.05, 0.1) is 5.71 Å². The molecule has 0 aliphatic carbocycles. The van der Waals surface area contributed by atoms with Gasteiger partial charge in [-0.25, -0.2) is 4.39 Å². The molecule has 2 nitrogen and oxygen atoms in total. The molecule has 0 unspecified atom stereocenters. The Morgan fingerprint density at radius 3 is 3.00 bits per heavy atom. The molecule has 0 aromatic heterocycles. The average molecular weight is 319 g/mol. The van der Waals surface area contributed by atoms with Gasteiger partial charge in [0.2, 0.25) is 0 Å². The normalized spacial score (nSPS) is 19.9. The van der Waals surface area contributed by atoms with Crippen LogP contribution in [0, 0.1) is 12.7 Å². The molecule has 0 saturated carbocycles. The maximum absolute atomic E-state index is 13.3. The van der Waals surface area contributed by atoms with Gasteiger partial charge < -0.3 is 4.84 Å². The van der Waals surface area contributed by atoms with Crippen molar-refractivity contribution in [3.63, 3.8) is 0 Å². The lowest BCUT2D eigenvalue weighted by Crippen LogP contribution is -2.09. The van der Waals surface area contributed by atoms with Gasteiger partial charge in [-0.05, 0) is 18.6 Å². The summed E-state index contributed by atoms with van der Waals surface area (Å²) in [7, 11) is 0. The Hall–Kier alpha value is -0.650. The first-order chi connectivity index (χ1) is 7.20. The van der Waals surface area contributed by atoms with Crippen LogP contribution in [0.4, 0.5) is 4.39 Å². The van der Waals surface area contributed by atoms with Crippen molar-refractivity contribution < 1.29 is 9.23 Å². The molecule has 2 rings (SSSR count). The van der Waals surface area contributed by atoms with Gasteiger partial charge in [-0.1, -0.05) is 39.9 Å². The van der Waals surface area contributed by atoms with E-state index in [1.807, 2.05) is 6.07 Å². The molecule has 0 amide bonds. The number of nitrogens with zero attached hydrogens (tertiary/aromatic N) is 1. The second-order valence-corrected chi connectivity index (χ2v) is 4.47. The van der Waals surface area contributed by atoms with Gasteiger partial charge >= 0.3 is 0 Å². The van der Waals surface area contributed by atoms with Gasteiger partial charge in [-0.2, -0.15) is 0 Å². The Bertz CT molecular complexity index is 406. The predicted molar refractivity (Wildman–Crippen MR) is 66.1 cm³/mol. The Labute approximate surface area is 102 Å². The van der Waals surface area contributed by atoms with Crippen LogP contribution >= 0.6 is 22.6 Å². The summed E-state index contributed by atoms with van der Waals surface area (Å²) >= 11 is 2.26. The SMILES string of the molecule is Cc1ccc(C2=NO[C@H](CI)C2)cc1F. The van der Waals surface area contributed by atoms with Crippen LogP contribution in [-0.4, -0.2) is 16.2 Å². The fraction of sp³-hybridized carbons (Fsp3) is 0.364. The van der Waals surface area contributed by atoms with E-state index in [4.69, 9.17) is 4.84 Å². The second kappa shape index (κ2) is 4.47. The summed E-state index contributed by atoms with van der Waals surface area (Å²) in [5.41, 5.74) is 2.32. The molecule has 1 atom stereocenters. The minimum absolute atomic E-state index is 0.143. The highest BCUT2D eigenvalue weighted by atomic mass is 127. The summed E-state index contributed by atoms with van der Waals surface area (Å²) in [6, 6.07) is 5.17. The number of halogens is 2. The Morgan fingerprint density at radius 1 is 1.60 bits per heavy atom. The van der Waals surface area contributed by atoms with E-state index >= 15 is 0 Å². The molecule has 0 spiro atoms. The lowest BCUT2D eigenvalue weighted by atomic mass is 10.0. The molecule has 80 valence electrons. The van der Waals surface area contributed by atoms with Gasteiger partial charge in [0.1, 0.15) is 11.9 Å². The fourth-order valence-electron chi connectivity index (χ4n) is 1.45. The molecule has 1 aliphatic heterocycles. The van der Waals surface area contributed by atoms with E-state index in [0.717, 1.165) is 22.1 Å². The van der Waals surface area contributed by atoms with E-state index in [9.17, 15) is 4.39 Å². The predicted octanol–water partition coefficient (Wildman–Crippen LogP) is 3.06. The first-order valence-electron chi connectivity index (χ1n) is 4.76. The summed E-state index contributed by atoms with van der Waals surface area (Å²) in [5.74, 6) is -0.187. The zero-order valence-electron chi connectivity index (χ0n) is 8.34. The van der Waals surface area contributed by atoms with Gasteiger partial charge in [-0.15, -0.1) is 0 Å². The van der Waals surface area contributed by atoms with Crippen LogP contribution in [0.2, 0.25) is 0 Å². The van der Waals surface area contributed by atoms with Crippen LogP contribution in [0.25, 0.3) is 0 Å². The summed E-state index contributed by atoms with van der Waals surface area (Å²) in [6.45, 7) is 1.75. The maximum Gasteiger partial charge on any atom is 0.142 e. The summed E-state index contributed by atoms with van der Waals surface area (Å²) < 4.78 is 14.2. The number of alkyl halides is 1. The molecule has 0 N–H and O–H groups in total. The Balaban J connectivity index is 2.21. The smallest absolute Gasteiger partial charge is 0.142 e. The molecule has 0 bridgehead atoms. The molecule has 0 saturated heterocycles. The molecular weight excluding hydrogens is 308 g/mol. The molecular formula is C11H11FINO. The monoisotopic (exact) mass is 319 g/mol. The molecule has 15 heavy (non-hydrogen) atoms. The van der Waals surface area contributed by atoms with Gasteiger partial charge in [0.15, 0.2) is 0 Å². The summed E-state index contributed by atoms with van der Waals surface area (Å²) in [4.78, 5) is 5.20. The van der Waals surface area contributed by atoms with E-state index in [0.29, 0.717) is 5.56 Å². The largest absolute Gasteiger partial charge is 0.391 e. The summed E-state index contributed by atoms with van der Waals surface area (Å²) in [6.07, 6.45) is 0.913. The second-order valence-electron chi connectivity index (χ2n) is 3.59. The zero-order valence-corrected chi connectivity index (χ0v) is 10.5. The number of hydrogen-bond donors (Lipinski definition) is 0. The summed E-state index contributed by atoms with van der Waals surface area (Å²) in [5, 5.41) is 3.97. The third-order valence-electron chi connectivity index (χ3n) is 2.41. The van der Waals surface area contributed by atoms with Gasteiger partial charge in [-0.3, -0.25) is 0 Å². The van der Waals surface area contributed by atoms with E-state index in [1.165, 1.54) is 6.07 Å². The van der Waals surface area contributed by atoms with Crippen molar-refractivity contribution in [1.82, 2.24) is 0 Å². The van der Waals surface area contributed by atoms with E-state index in [1.54, 1.807) is 13.0 Å². The molecule has 1 aromatic carbocycles. The van der Waals surface area contributed by atoms with Crippen LogP contribution in [0.5, 0.6) is 0 Å². The first kappa shape index (κ1) is 10.9. The highest BCUT2D eigenvalue weighted by molar-refractivity contribution is 14.1. The van der Waals surface area contributed by atoms with Crippen molar-refractivity contribution in [1.29, 1.82) is 0 Å². The minimum Gasteiger partial charge on any atom is -0.391 e. The third-order valence-corrected chi connectivity index (χ3v) is 3.39. The van der Waals surface area contributed by atoms with Gasteiger partial charge in [0, 0.05) is 16.4 Å². The molecule has 4 heteroatoms. The molecule has 1 heterocycles. The van der Waals surface area contributed by atoms with E-state index in [2.05, 4.69) is 27.7 Å². The highest BCUT2D eigenvalue weighted by Gasteiger charge is 2.21. The van der Waals surface area contributed by atoms with Crippen LogP contribution in [-0.2, 0) is 4.84 Å². The first-order valence-corrected chi connectivity index (χ1v) is 6.28. The molecule has 1 aliphatic rings. The highest BCUT2D eigenvalue weighted by Crippen LogP contribution is 2.19. The number of hydrogen-bond acceptors (Lipinski definition) is 2. The van der Waals surface area contributed by atoms with Crippen LogP contribution in [0.1, 0.15) is 17.5 Å². The number of rotatable bonds is 2. The maximum atomic E-state index is 13.3. The third kappa shape index (κ3) is 2.30.